The van der Waals surface area contributed by atoms with Crippen LogP contribution in [0.5, 0.6) is 5.75 Å². The maximum Gasteiger partial charge on any atom is 0.262 e. The van der Waals surface area contributed by atoms with Crippen molar-refractivity contribution in [1.29, 1.82) is 0 Å². The molecule has 0 fully saturated rings. The van der Waals surface area contributed by atoms with Gasteiger partial charge in [-0.2, -0.15) is 0 Å². The zero-order chi connectivity index (χ0) is 21.1. The van der Waals surface area contributed by atoms with Gasteiger partial charge in [-0.25, -0.2) is 0 Å². The summed E-state index contributed by atoms with van der Waals surface area (Å²) in [5.74, 6) is 0.155. The standard InChI is InChI=1S/C24H18ClNO4/c1-15-2-8-18(9-3-15)26-23(27)14-29-19-10-11-20-22(12-19)30-13-21(24(20)28)16-4-6-17(25)7-5-16/h2-13H,14H2,1H3,(H,26,27). The SMILES string of the molecule is Cc1ccc(NC(=O)COc2ccc3c(=O)c(-c4ccc(Cl)cc4)coc3c2)cc1. The number of halogens is 1. The Morgan fingerprint density at radius 1 is 1.03 bits per heavy atom. The first kappa shape index (κ1) is 19.7. The Morgan fingerprint density at radius 3 is 2.50 bits per heavy atom. The average Bonchev–Trinajstić information content (AvgIpc) is 2.75. The molecule has 1 heterocycles. The summed E-state index contributed by atoms with van der Waals surface area (Å²) in [5, 5.41) is 3.79. The summed E-state index contributed by atoms with van der Waals surface area (Å²) in [6.07, 6.45) is 1.42. The van der Waals surface area contributed by atoms with Gasteiger partial charge in [-0.1, -0.05) is 41.4 Å². The highest BCUT2D eigenvalue weighted by Gasteiger charge is 2.11. The Balaban J connectivity index is 1.49. The highest BCUT2D eigenvalue weighted by molar-refractivity contribution is 6.30. The fourth-order valence-electron chi connectivity index (χ4n) is 3.01. The van der Waals surface area contributed by atoms with Crippen molar-refractivity contribution in [2.75, 3.05) is 11.9 Å². The van der Waals surface area contributed by atoms with Crippen LogP contribution in [0.15, 0.2) is 82.2 Å². The van der Waals surface area contributed by atoms with Crippen LogP contribution in [0.2, 0.25) is 5.02 Å². The molecular weight excluding hydrogens is 402 g/mol. The van der Waals surface area contributed by atoms with E-state index in [9.17, 15) is 9.59 Å². The predicted octanol–water partition coefficient (Wildman–Crippen LogP) is 5.44. The number of aryl methyl sites for hydroxylation is 1. The number of carbonyl (C=O) groups is 1. The Bertz CT molecular complexity index is 1260. The summed E-state index contributed by atoms with van der Waals surface area (Å²) in [5.41, 5.74) is 3.22. The van der Waals surface area contributed by atoms with Crippen LogP contribution in [0.25, 0.3) is 22.1 Å². The summed E-state index contributed by atoms with van der Waals surface area (Å²) in [6.45, 7) is 1.82. The van der Waals surface area contributed by atoms with Crippen molar-refractivity contribution in [2.45, 2.75) is 6.92 Å². The van der Waals surface area contributed by atoms with Gasteiger partial charge in [0.15, 0.2) is 12.0 Å². The van der Waals surface area contributed by atoms with Gasteiger partial charge in [-0.3, -0.25) is 9.59 Å². The number of carbonyl (C=O) groups excluding carboxylic acids is 1. The molecule has 0 aliphatic heterocycles. The van der Waals surface area contributed by atoms with Gasteiger partial charge in [0.05, 0.1) is 10.9 Å². The van der Waals surface area contributed by atoms with E-state index >= 15 is 0 Å². The second-order valence-electron chi connectivity index (χ2n) is 6.85. The third-order valence-electron chi connectivity index (χ3n) is 4.61. The van der Waals surface area contributed by atoms with Crippen LogP contribution in [-0.2, 0) is 4.79 Å². The molecular formula is C24H18ClNO4. The molecule has 30 heavy (non-hydrogen) atoms. The molecule has 1 N–H and O–H groups in total. The predicted molar refractivity (Wildman–Crippen MR) is 118 cm³/mol. The second kappa shape index (κ2) is 8.43. The maximum atomic E-state index is 12.8. The average molecular weight is 420 g/mol. The number of nitrogens with one attached hydrogen (secondary N) is 1. The summed E-state index contributed by atoms with van der Waals surface area (Å²) in [7, 11) is 0. The fourth-order valence-corrected chi connectivity index (χ4v) is 3.14. The summed E-state index contributed by atoms with van der Waals surface area (Å²) in [6, 6.07) is 19.3. The van der Waals surface area contributed by atoms with Gasteiger partial charge in [0.1, 0.15) is 17.6 Å². The van der Waals surface area contributed by atoms with Gasteiger partial charge >= 0.3 is 0 Å². The lowest BCUT2D eigenvalue weighted by molar-refractivity contribution is -0.118. The molecule has 0 spiro atoms. The van der Waals surface area contributed by atoms with Crippen LogP contribution in [0.4, 0.5) is 5.69 Å². The van der Waals surface area contributed by atoms with Crippen molar-refractivity contribution in [3.8, 4) is 16.9 Å². The van der Waals surface area contributed by atoms with Gasteiger partial charge < -0.3 is 14.5 Å². The van der Waals surface area contributed by atoms with E-state index in [0.717, 1.165) is 11.1 Å². The number of anilines is 1. The van der Waals surface area contributed by atoms with Gasteiger partial charge in [0, 0.05) is 16.8 Å². The number of hydrogen-bond acceptors (Lipinski definition) is 4. The summed E-state index contributed by atoms with van der Waals surface area (Å²) in [4.78, 5) is 24.9. The lowest BCUT2D eigenvalue weighted by Gasteiger charge is -2.09. The fraction of sp³-hybridized carbons (Fsp3) is 0.0833. The number of rotatable bonds is 5. The van der Waals surface area contributed by atoms with Crippen LogP contribution >= 0.6 is 11.6 Å². The largest absolute Gasteiger partial charge is 0.484 e. The first-order valence-electron chi connectivity index (χ1n) is 9.30. The number of benzene rings is 3. The molecule has 6 heteroatoms. The number of amides is 1. The molecule has 3 aromatic carbocycles. The molecule has 150 valence electrons. The van der Waals surface area contributed by atoms with Gasteiger partial charge in [-0.05, 0) is 48.9 Å². The zero-order valence-corrected chi connectivity index (χ0v) is 16.9. The number of fused-ring (bicyclic) bond motifs is 1. The molecule has 1 aromatic heterocycles. The van der Waals surface area contributed by atoms with E-state index < -0.39 is 0 Å². The minimum atomic E-state index is -0.279. The topological polar surface area (TPSA) is 68.5 Å². The van der Waals surface area contributed by atoms with E-state index in [1.165, 1.54) is 6.26 Å². The van der Waals surface area contributed by atoms with Crippen LogP contribution < -0.4 is 15.5 Å². The van der Waals surface area contributed by atoms with E-state index in [0.29, 0.717) is 33.0 Å². The summed E-state index contributed by atoms with van der Waals surface area (Å²) < 4.78 is 11.2. The third kappa shape index (κ3) is 4.36. The molecule has 0 unspecified atom stereocenters. The van der Waals surface area contributed by atoms with E-state index in [1.54, 1.807) is 42.5 Å². The Morgan fingerprint density at radius 2 is 1.77 bits per heavy atom. The number of ether oxygens (including phenoxy) is 1. The number of hydrogen-bond donors (Lipinski definition) is 1. The maximum absolute atomic E-state index is 12.8. The van der Waals surface area contributed by atoms with E-state index in [2.05, 4.69) is 5.32 Å². The van der Waals surface area contributed by atoms with Crippen molar-refractivity contribution in [1.82, 2.24) is 0 Å². The lowest BCUT2D eigenvalue weighted by Crippen LogP contribution is -2.20. The lowest BCUT2D eigenvalue weighted by atomic mass is 10.1. The van der Waals surface area contributed by atoms with Crippen LogP contribution in [-0.4, -0.2) is 12.5 Å². The molecule has 0 atom stereocenters. The highest BCUT2D eigenvalue weighted by Crippen LogP contribution is 2.24. The van der Waals surface area contributed by atoms with Crippen LogP contribution in [0, 0.1) is 6.92 Å². The molecule has 0 saturated carbocycles. The summed E-state index contributed by atoms with van der Waals surface area (Å²) >= 11 is 5.91. The van der Waals surface area contributed by atoms with Crippen LogP contribution in [0.1, 0.15) is 5.56 Å². The van der Waals surface area contributed by atoms with Crippen molar-refractivity contribution in [3.05, 3.63) is 93.8 Å². The van der Waals surface area contributed by atoms with Crippen molar-refractivity contribution >= 4 is 34.2 Å². The monoisotopic (exact) mass is 419 g/mol. The molecule has 1 amide bonds. The minimum absolute atomic E-state index is 0.151. The molecule has 0 aliphatic rings. The third-order valence-corrected chi connectivity index (χ3v) is 4.86. The Labute approximate surface area is 177 Å². The quantitative estimate of drug-likeness (QED) is 0.467. The molecule has 5 nitrogen and oxygen atoms in total. The second-order valence-corrected chi connectivity index (χ2v) is 7.28. The van der Waals surface area contributed by atoms with Crippen molar-refractivity contribution < 1.29 is 13.9 Å². The first-order chi connectivity index (χ1) is 14.5. The van der Waals surface area contributed by atoms with E-state index in [1.807, 2.05) is 31.2 Å². The molecule has 0 saturated heterocycles. The van der Waals surface area contributed by atoms with Gasteiger partial charge in [-0.15, -0.1) is 0 Å². The van der Waals surface area contributed by atoms with Crippen molar-refractivity contribution in [2.24, 2.45) is 0 Å². The Kier molecular flexibility index (Phi) is 5.55. The van der Waals surface area contributed by atoms with E-state index in [4.69, 9.17) is 20.8 Å². The minimum Gasteiger partial charge on any atom is -0.484 e. The van der Waals surface area contributed by atoms with Crippen molar-refractivity contribution in [3.63, 3.8) is 0 Å². The molecule has 0 aliphatic carbocycles. The molecule has 0 radical (unpaired) electrons. The normalized spacial score (nSPS) is 10.7. The van der Waals surface area contributed by atoms with E-state index in [-0.39, 0.29) is 17.9 Å². The van der Waals surface area contributed by atoms with Gasteiger partial charge in [0.2, 0.25) is 0 Å². The van der Waals surface area contributed by atoms with Gasteiger partial charge in [0.25, 0.3) is 5.91 Å². The molecule has 4 rings (SSSR count). The Hall–Kier alpha value is -3.57. The first-order valence-corrected chi connectivity index (χ1v) is 9.68. The zero-order valence-electron chi connectivity index (χ0n) is 16.1. The molecule has 0 bridgehead atoms. The van der Waals surface area contributed by atoms with Crippen LogP contribution in [0.3, 0.4) is 0 Å². The highest BCUT2D eigenvalue weighted by atomic mass is 35.5. The molecule has 4 aromatic rings. The smallest absolute Gasteiger partial charge is 0.262 e.